The number of rotatable bonds is 7. The Bertz CT molecular complexity index is 1060. The zero-order valence-electron chi connectivity index (χ0n) is 15.8. The lowest BCUT2D eigenvalue weighted by molar-refractivity contribution is 0.0631. The van der Waals surface area contributed by atoms with Gasteiger partial charge in [0, 0.05) is 21.7 Å². The molecule has 0 atom stereocenters. The summed E-state index contributed by atoms with van der Waals surface area (Å²) in [7, 11) is 0. The first-order valence-electron chi connectivity index (χ1n) is 9.28. The van der Waals surface area contributed by atoms with Crippen LogP contribution in [0.4, 0.5) is 0 Å². The minimum Gasteiger partial charge on any atom is -0.492 e. The summed E-state index contributed by atoms with van der Waals surface area (Å²) in [4.78, 5) is 26.0. The van der Waals surface area contributed by atoms with Gasteiger partial charge in [0.05, 0.1) is 17.7 Å². The predicted octanol–water partition coefficient (Wildman–Crippen LogP) is 5.25. The van der Waals surface area contributed by atoms with E-state index in [1.54, 1.807) is 66.7 Å². The number of nitrogens with zero attached hydrogens (tertiary/aromatic N) is 1. The van der Waals surface area contributed by atoms with E-state index in [0.29, 0.717) is 38.2 Å². The molecule has 1 heterocycles. The van der Waals surface area contributed by atoms with Crippen LogP contribution in [0.3, 0.4) is 0 Å². The van der Waals surface area contributed by atoms with Crippen LogP contribution < -0.4 is 9.47 Å². The summed E-state index contributed by atoms with van der Waals surface area (Å²) in [6.07, 6.45) is 0. The smallest absolute Gasteiger partial charge is 0.261 e. The third-order valence-corrected chi connectivity index (χ3v) is 5.42. The van der Waals surface area contributed by atoms with Gasteiger partial charge in [-0.05, 0) is 36.4 Å². The maximum Gasteiger partial charge on any atom is 0.261 e. The van der Waals surface area contributed by atoms with Gasteiger partial charge in [-0.3, -0.25) is 14.5 Å². The molecular formula is C23H17Cl2NO4. The van der Waals surface area contributed by atoms with Crippen LogP contribution in [0.5, 0.6) is 11.5 Å². The second-order valence-corrected chi connectivity index (χ2v) is 7.43. The summed E-state index contributed by atoms with van der Waals surface area (Å²) in [5.41, 5.74) is 1.56. The molecule has 0 saturated heterocycles. The monoisotopic (exact) mass is 441 g/mol. The third kappa shape index (κ3) is 4.13. The molecule has 1 aliphatic heterocycles. The number of amides is 2. The van der Waals surface area contributed by atoms with E-state index in [9.17, 15) is 9.59 Å². The first-order chi connectivity index (χ1) is 14.5. The fourth-order valence-electron chi connectivity index (χ4n) is 3.18. The molecule has 30 heavy (non-hydrogen) atoms. The van der Waals surface area contributed by atoms with Crippen LogP contribution in [0.15, 0.2) is 66.7 Å². The van der Waals surface area contributed by atoms with Gasteiger partial charge in [0.15, 0.2) is 0 Å². The van der Waals surface area contributed by atoms with Crippen LogP contribution in [-0.2, 0) is 6.61 Å². The van der Waals surface area contributed by atoms with E-state index in [1.807, 2.05) is 0 Å². The second kappa shape index (κ2) is 8.78. The Kier molecular flexibility index (Phi) is 5.93. The molecule has 0 radical (unpaired) electrons. The lowest BCUT2D eigenvalue weighted by Gasteiger charge is -2.15. The lowest BCUT2D eigenvalue weighted by atomic mass is 10.1. The molecule has 7 heteroatoms. The average Bonchev–Trinajstić information content (AvgIpc) is 2.99. The van der Waals surface area contributed by atoms with Gasteiger partial charge in [0.2, 0.25) is 0 Å². The highest BCUT2D eigenvalue weighted by atomic mass is 35.5. The molecule has 5 nitrogen and oxygen atoms in total. The van der Waals surface area contributed by atoms with Crippen molar-refractivity contribution in [1.82, 2.24) is 4.90 Å². The van der Waals surface area contributed by atoms with E-state index >= 15 is 0 Å². The normalized spacial score (nSPS) is 12.8. The summed E-state index contributed by atoms with van der Waals surface area (Å²) in [6, 6.07) is 19.2. The highest BCUT2D eigenvalue weighted by molar-refractivity contribution is 6.35. The van der Waals surface area contributed by atoms with E-state index in [-0.39, 0.29) is 31.6 Å². The molecule has 0 unspecified atom stereocenters. The first-order valence-corrected chi connectivity index (χ1v) is 10.0. The Balaban J connectivity index is 1.34. The number of imide groups is 1. The van der Waals surface area contributed by atoms with E-state index in [1.165, 1.54) is 4.90 Å². The summed E-state index contributed by atoms with van der Waals surface area (Å²) >= 11 is 12.3. The van der Waals surface area contributed by atoms with Crippen molar-refractivity contribution in [1.29, 1.82) is 0 Å². The van der Waals surface area contributed by atoms with Crippen LogP contribution in [0.1, 0.15) is 26.3 Å². The number of hydrogen-bond donors (Lipinski definition) is 0. The first kappa shape index (κ1) is 20.3. The van der Waals surface area contributed by atoms with Crippen LogP contribution in [0.2, 0.25) is 10.0 Å². The zero-order chi connectivity index (χ0) is 21.1. The van der Waals surface area contributed by atoms with Gasteiger partial charge in [0.25, 0.3) is 11.8 Å². The number of carbonyl (C=O) groups excluding carboxylic acids is 2. The molecule has 2 amide bonds. The molecular weight excluding hydrogens is 425 g/mol. The highest BCUT2D eigenvalue weighted by Gasteiger charge is 2.34. The standard InChI is InChI=1S/C23H17Cl2NO4/c24-20-9-4-10-21(25)19(20)14-30-16-6-3-5-15(13-16)29-12-11-26-22(27)17-7-1-2-8-18(17)23(26)28/h1-10,13H,11-12,14H2. The molecule has 1 aliphatic rings. The van der Waals surface area contributed by atoms with Crippen molar-refractivity contribution >= 4 is 35.0 Å². The van der Waals surface area contributed by atoms with E-state index in [2.05, 4.69) is 0 Å². The third-order valence-electron chi connectivity index (χ3n) is 4.71. The quantitative estimate of drug-likeness (QED) is 0.470. The second-order valence-electron chi connectivity index (χ2n) is 6.62. The molecule has 0 fully saturated rings. The van der Waals surface area contributed by atoms with Crippen molar-refractivity contribution in [3.05, 3.63) is 93.5 Å². The molecule has 0 aromatic heterocycles. The Labute approximate surface area is 183 Å². The maximum atomic E-state index is 12.4. The predicted molar refractivity (Wildman–Crippen MR) is 115 cm³/mol. The van der Waals surface area contributed by atoms with Crippen molar-refractivity contribution in [2.24, 2.45) is 0 Å². The minimum absolute atomic E-state index is 0.159. The van der Waals surface area contributed by atoms with Crippen LogP contribution in [0, 0.1) is 0 Å². The van der Waals surface area contributed by atoms with Gasteiger partial charge in [0.1, 0.15) is 24.7 Å². The summed E-state index contributed by atoms with van der Waals surface area (Å²) < 4.78 is 11.5. The number of carbonyl (C=O) groups is 2. The lowest BCUT2D eigenvalue weighted by Crippen LogP contribution is -2.33. The van der Waals surface area contributed by atoms with E-state index in [0.717, 1.165) is 0 Å². The van der Waals surface area contributed by atoms with E-state index < -0.39 is 0 Å². The summed E-state index contributed by atoms with van der Waals surface area (Å²) in [5, 5.41) is 1.08. The average molecular weight is 442 g/mol. The summed E-state index contributed by atoms with van der Waals surface area (Å²) in [6.45, 7) is 0.551. The zero-order valence-corrected chi connectivity index (χ0v) is 17.3. The van der Waals surface area contributed by atoms with Gasteiger partial charge in [-0.2, -0.15) is 0 Å². The van der Waals surface area contributed by atoms with E-state index in [4.69, 9.17) is 32.7 Å². The maximum absolute atomic E-state index is 12.4. The minimum atomic E-state index is -0.298. The van der Waals surface area contributed by atoms with Crippen molar-refractivity contribution in [2.45, 2.75) is 6.61 Å². The molecule has 0 bridgehead atoms. The van der Waals surface area contributed by atoms with Crippen LogP contribution >= 0.6 is 23.2 Å². The highest BCUT2D eigenvalue weighted by Crippen LogP contribution is 2.27. The number of halogens is 2. The van der Waals surface area contributed by atoms with Crippen molar-refractivity contribution in [3.63, 3.8) is 0 Å². The molecule has 0 N–H and O–H groups in total. The Morgan fingerprint density at radius 2 is 1.30 bits per heavy atom. The Morgan fingerprint density at radius 3 is 1.93 bits per heavy atom. The molecule has 4 rings (SSSR count). The molecule has 0 aliphatic carbocycles. The molecule has 152 valence electrons. The van der Waals surface area contributed by atoms with Gasteiger partial charge in [-0.25, -0.2) is 0 Å². The summed E-state index contributed by atoms with van der Waals surface area (Å²) in [5.74, 6) is 0.555. The SMILES string of the molecule is O=C1c2ccccc2C(=O)N1CCOc1cccc(OCc2c(Cl)cccc2Cl)c1. The van der Waals surface area contributed by atoms with Gasteiger partial charge in [-0.1, -0.05) is 47.5 Å². The fraction of sp³-hybridized carbons (Fsp3) is 0.130. The van der Waals surface area contributed by atoms with Gasteiger partial charge in [-0.15, -0.1) is 0 Å². The topological polar surface area (TPSA) is 55.8 Å². The number of fused-ring (bicyclic) bond motifs is 1. The van der Waals surface area contributed by atoms with Crippen molar-refractivity contribution < 1.29 is 19.1 Å². The van der Waals surface area contributed by atoms with Crippen LogP contribution in [-0.4, -0.2) is 29.9 Å². The largest absolute Gasteiger partial charge is 0.492 e. The Morgan fingerprint density at radius 1 is 0.733 bits per heavy atom. The van der Waals surface area contributed by atoms with Gasteiger partial charge < -0.3 is 9.47 Å². The number of benzene rings is 3. The molecule has 3 aromatic carbocycles. The fourth-order valence-corrected chi connectivity index (χ4v) is 3.68. The van der Waals surface area contributed by atoms with Crippen molar-refractivity contribution in [3.8, 4) is 11.5 Å². The van der Waals surface area contributed by atoms with Crippen molar-refractivity contribution in [2.75, 3.05) is 13.2 Å². The van der Waals surface area contributed by atoms with Gasteiger partial charge >= 0.3 is 0 Å². The number of hydrogen-bond acceptors (Lipinski definition) is 4. The number of ether oxygens (including phenoxy) is 2. The molecule has 0 spiro atoms. The Hall–Kier alpha value is -3.02. The molecule has 3 aromatic rings. The molecule has 0 saturated carbocycles. The van der Waals surface area contributed by atoms with Crippen LogP contribution in [0.25, 0.3) is 0 Å².